The second kappa shape index (κ2) is 5.13. The van der Waals surface area contributed by atoms with Gasteiger partial charge in [-0.1, -0.05) is 6.07 Å². The second-order valence-electron chi connectivity index (χ2n) is 4.90. The minimum atomic E-state index is -3.81. The normalized spacial score (nSPS) is 19.7. The third-order valence-electron chi connectivity index (χ3n) is 3.53. The van der Waals surface area contributed by atoms with Crippen LogP contribution in [0.4, 0.5) is 0 Å². The van der Waals surface area contributed by atoms with E-state index in [0.717, 1.165) is 24.9 Å². The van der Waals surface area contributed by atoms with Gasteiger partial charge in [0.1, 0.15) is 0 Å². The van der Waals surface area contributed by atoms with Gasteiger partial charge in [-0.2, -0.15) is 0 Å². The highest BCUT2D eigenvalue weighted by molar-refractivity contribution is 8.13. The van der Waals surface area contributed by atoms with E-state index >= 15 is 0 Å². The lowest BCUT2D eigenvalue weighted by Crippen LogP contribution is -2.34. The van der Waals surface area contributed by atoms with Gasteiger partial charge < -0.3 is 4.90 Å². The van der Waals surface area contributed by atoms with Crippen LogP contribution in [0.3, 0.4) is 0 Å². The first kappa shape index (κ1) is 14.3. The Kier molecular flexibility index (Phi) is 3.87. The average molecular weight is 302 g/mol. The predicted molar refractivity (Wildman–Crippen MR) is 74.0 cm³/mol. The fourth-order valence-corrected chi connectivity index (χ4v) is 3.15. The van der Waals surface area contributed by atoms with Crippen LogP contribution >= 0.6 is 10.7 Å². The number of halogens is 1. The topological polar surface area (TPSA) is 54.5 Å². The van der Waals surface area contributed by atoms with Crippen LogP contribution in [-0.2, 0) is 9.05 Å². The van der Waals surface area contributed by atoms with E-state index in [1.807, 2.05) is 6.92 Å². The number of rotatable bonds is 2. The molecule has 1 aromatic rings. The minimum Gasteiger partial charge on any atom is -0.336 e. The predicted octanol–water partition coefficient (Wildman–Crippen LogP) is 2.55. The first-order valence-electron chi connectivity index (χ1n) is 6.17. The smallest absolute Gasteiger partial charge is 0.261 e. The van der Waals surface area contributed by atoms with E-state index in [2.05, 4.69) is 0 Å². The highest BCUT2D eigenvalue weighted by Crippen LogP contribution is 2.24. The molecule has 104 valence electrons. The zero-order valence-corrected chi connectivity index (χ0v) is 12.5. The van der Waals surface area contributed by atoms with Gasteiger partial charge in [-0.05, 0) is 44.4 Å². The van der Waals surface area contributed by atoms with Gasteiger partial charge >= 0.3 is 0 Å². The molecule has 1 amide bonds. The molecule has 1 fully saturated rings. The van der Waals surface area contributed by atoms with Gasteiger partial charge in [0.2, 0.25) is 0 Å². The number of carbonyl (C=O) groups excluding carboxylic acids is 1. The number of likely N-dealkylation sites (tertiary alicyclic amines) is 1. The summed E-state index contributed by atoms with van der Waals surface area (Å²) < 4.78 is 22.7. The van der Waals surface area contributed by atoms with Gasteiger partial charge in [-0.15, -0.1) is 0 Å². The largest absolute Gasteiger partial charge is 0.336 e. The summed E-state index contributed by atoms with van der Waals surface area (Å²) in [6.07, 6.45) is 1.97. The van der Waals surface area contributed by atoms with Gasteiger partial charge in [0.15, 0.2) is 0 Å². The molecule has 0 aromatic heterocycles. The van der Waals surface area contributed by atoms with Crippen LogP contribution in [0.1, 0.15) is 35.7 Å². The quantitative estimate of drug-likeness (QED) is 0.789. The molecule has 1 heterocycles. The molecule has 0 spiro atoms. The highest BCUT2D eigenvalue weighted by atomic mass is 35.7. The zero-order valence-electron chi connectivity index (χ0n) is 10.9. The Morgan fingerprint density at radius 3 is 2.63 bits per heavy atom. The molecule has 1 aliphatic heterocycles. The lowest BCUT2D eigenvalue weighted by molar-refractivity contribution is 0.0746. The van der Waals surface area contributed by atoms with E-state index in [1.165, 1.54) is 12.1 Å². The summed E-state index contributed by atoms with van der Waals surface area (Å²) in [4.78, 5) is 14.2. The highest BCUT2D eigenvalue weighted by Gasteiger charge is 2.27. The van der Waals surface area contributed by atoms with Crippen molar-refractivity contribution < 1.29 is 13.2 Å². The fraction of sp³-hybridized carbons (Fsp3) is 0.462. The van der Waals surface area contributed by atoms with E-state index < -0.39 is 9.05 Å². The molecule has 2 rings (SSSR count). The number of hydrogen-bond donors (Lipinski definition) is 0. The number of nitrogens with zero attached hydrogens (tertiary/aromatic N) is 1. The first-order valence-corrected chi connectivity index (χ1v) is 8.48. The Hall–Kier alpha value is -1.07. The molecule has 0 N–H and O–H groups in total. The molecule has 1 saturated heterocycles. The first-order chi connectivity index (χ1) is 8.80. The van der Waals surface area contributed by atoms with Gasteiger partial charge in [0, 0.05) is 28.8 Å². The molecular weight excluding hydrogens is 286 g/mol. The van der Waals surface area contributed by atoms with Crippen molar-refractivity contribution in [2.45, 2.75) is 37.6 Å². The lowest BCUT2D eigenvalue weighted by Gasteiger charge is -2.22. The number of carbonyl (C=O) groups is 1. The second-order valence-corrected chi connectivity index (χ2v) is 7.47. The summed E-state index contributed by atoms with van der Waals surface area (Å²) in [7, 11) is 1.51. The number of benzene rings is 1. The van der Waals surface area contributed by atoms with Crippen molar-refractivity contribution in [1.82, 2.24) is 4.90 Å². The summed E-state index contributed by atoms with van der Waals surface area (Å²) in [5.41, 5.74) is 1.17. The van der Waals surface area contributed by atoms with Crippen molar-refractivity contribution in [3.8, 4) is 0 Å². The summed E-state index contributed by atoms with van der Waals surface area (Å²) in [6, 6.07) is 4.60. The number of hydrogen-bond acceptors (Lipinski definition) is 3. The number of amides is 1. The fourth-order valence-electron chi connectivity index (χ4n) is 2.37. The van der Waals surface area contributed by atoms with Crippen molar-refractivity contribution in [2.24, 2.45) is 0 Å². The van der Waals surface area contributed by atoms with Crippen LogP contribution in [0.15, 0.2) is 23.1 Å². The molecule has 1 unspecified atom stereocenters. The summed E-state index contributed by atoms with van der Waals surface area (Å²) in [5.74, 6) is -0.121. The van der Waals surface area contributed by atoms with Crippen molar-refractivity contribution in [2.75, 3.05) is 6.54 Å². The summed E-state index contributed by atoms with van der Waals surface area (Å²) >= 11 is 0. The van der Waals surface area contributed by atoms with Crippen LogP contribution < -0.4 is 0 Å². The Bertz CT molecular complexity index is 612. The maximum absolute atomic E-state index is 12.4. The van der Waals surface area contributed by atoms with Gasteiger partial charge in [0.05, 0.1) is 4.90 Å². The molecule has 0 bridgehead atoms. The Morgan fingerprint density at radius 2 is 2.11 bits per heavy atom. The molecule has 1 aliphatic rings. The van der Waals surface area contributed by atoms with Gasteiger partial charge in [-0.3, -0.25) is 4.79 Å². The standard InChI is InChI=1S/C13H16ClNO3S/c1-9-5-6-11(19(14,17)18)8-12(9)13(16)15-7-3-4-10(15)2/h5-6,8,10H,3-4,7H2,1-2H3. The third-order valence-corrected chi connectivity index (χ3v) is 4.89. The van der Waals surface area contributed by atoms with Crippen molar-refractivity contribution in [1.29, 1.82) is 0 Å². The van der Waals surface area contributed by atoms with E-state index in [4.69, 9.17) is 10.7 Å². The molecule has 4 nitrogen and oxygen atoms in total. The molecule has 0 radical (unpaired) electrons. The Morgan fingerprint density at radius 1 is 1.42 bits per heavy atom. The molecule has 1 atom stereocenters. The molecule has 0 aliphatic carbocycles. The van der Waals surface area contributed by atoms with E-state index in [0.29, 0.717) is 5.56 Å². The monoisotopic (exact) mass is 301 g/mol. The molecule has 6 heteroatoms. The minimum absolute atomic E-state index is 0.0324. The summed E-state index contributed by atoms with van der Waals surface area (Å²) in [5, 5.41) is 0. The molecular formula is C13H16ClNO3S. The van der Waals surface area contributed by atoms with Crippen LogP contribution in [0.2, 0.25) is 0 Å². The zero-order chi connectivity index (χ0) is 14.2. The van der Waals surface area contributed by atoms with Crippen LogP contribution in [0, 0.1) is 6.92 Å². The van der Waals surface area contributed by atoms with Crippen molar-refractivity contribution >= 4 is 25.6 Å². The van der Waals surface area contributed by atoms with Gasteiger partial charge in [-0.25, -0.2) is 8.42 Å². The lowest BCUT2D eigenvalue weighted by atomic mass is 10.1. The Labute approximate surface area is 117 Å². The van der Waals surface area contributed by atoms with E-state index in [-0.39, 0.29) is 16.8 Å². The molecule has 19 heavy (non-hydrogen) atoms. The van der Waals surface area contributed by atoms with Crippen molar-refractivity contribution in [3.63, 3.8) is 0 Å². The average Bonchev–Trinajstić information content (AvgIpc) is 2.73. The molecule has 1 aromatic carbocycles. The summed E-state index contributed by atoms with van der Waals surface area (Å²) in [6.45, 7) is 4.51. The number of aryl methyl sites for hydroxylation is 1. The van der Waals surface area contributed by atoms with Crippen LogP contribution in [-0.4, -0.2) is 31.8 Å². The molecule has 0 saturated carbocycles. The van der Waals surface area contributed by atoms with Gasteiger partial charge in [0.25, 0.3) is 15.0 Å². The Balaban J connectivity index is 2.41. The third kappa shape index (κ3) is 2.92. The SMILES string of the molecule is Cc1ccc(S(=O)(=O)Cl)cc1C(=O)N1CCCC1C. The van der Waals surface area contributed by atoms with Crippen molar-refractivity contribution in [3.05, 3.63) is 29.3 Å². The maximum Gasteiger partial charge on any atom is 0.261 e. The van der Waals surface area contributed by atoms with E-state index in [1.54, 1.807) is 17.9 Å². The van der Waals surface area contributed by atoms with Crippen LogP contribution in [0.5, 0.6) is 0 Å². The maximum atomic E-state index is 12.4. The van der Waals surface area contributed by atoms with Crippen LogP contribution in [0.25, 0.3) is 0 Å². The van der Waals surface area contributed by atoms with E-state index in [9.17, 15) is 13.2 Å².